The third-order valence-electron chi connectivity index (χ3n) is 1.30. The normalized spacial score (nSPS) is 10.3. The van der Waals surface area contributed by atoms with Crippen molar-refractivity contribution in [1.82, 2.24) is 0 Å². The minimum atomic E-state index is -0.998. The Morgan fingerprint density at radius 2 is 2.21 bits per heavy atom. The van der Waals surface area contributed by atoms with Gasteiger partial charge in [0.15, 0.2) is 6.04 Å². The smallest absolute Gasteiger partial charge is 0.304 e. The van der Waals surface area contributed by atoms with E-state index in [1.54, 1.807) is 6.08 Å². The minimum absolute atomic E-state index is 0.256. The molecule has 0 aliphatic heterocycles. The van der Waals surface area contributed by atoms with E-state index in [-0.39, 0.29) is 6.42 Å². The fourth-order valence-electron chi connectivity index (χ4n) is 0.699. The third kappa shape index (κ3) is 4.77. The van der Waals surface area contributed by atoms with Crippen LogP contribution in [0.3, 0.4) is 0 Å². The molecule has 0 saturated carbocycles. The number of nitrogens with zero attached hydrogens (tertiary/aromatic N) is 2. The molecule has 0 fully saturated rings. The van der Waals surface area contributed by atoms with Gasteiger partial charge in [-0.1, -0.05) is 6.08 Å². The summed E-state index contributed by atoms with van der Waals surface area (Å²) in [5.41, 5.74) is 0. The third-order valence-corrected chi connectivity index (χ3v) is 1.30. The van der Waals surface area contributed by atoms with Gasteiger partial charge in [-0.25, -0.2) is 14.4 Å². The fraction of sp³-hybridized carbons (Fsp3) is 0.375. The number of hydrogen-bond donors (Lipinski definition) is 0. The van der Waals surface area contributed by atoms with Crippen LogP contribution in [0, 0.1) is 0 Å². The van der Waals surface area contributed by atoms with Crippen LogP contribution in [0.5, 0.6) is 0 Å². The zero-order valence-corrected chi connectivity index (χ0v) is 7.30. The van der Waals surface area contributed by atoms with Crippen LogP contribution in [0.4, 0.5) is 0 Å². The summed E-state index contributed by atoms with van der Waals surface area (Å²) in [4.78, 5) is 37.8. The molecule has 0 aromatic carbocycles. The first-order valence-electron chi connectivity index (χ1n) is 3.72. The molecule has 1 unspecified atom stereocenters. The van der Waals surface area contributed by atoms with E-state index in [1.807, 2.05) is 0 Å². The molecule has 6 heteroatoms. The summed E-state index contributed by atoms with van der Waals surface area (Å²) >= 11 is 0. The van der Waals surface area contributed by atoms with Crippen molar-refractivity contribution >= 4 is 18.1 Å². The number of carbonyl (C=O) groups is 1. The predicted octanol–water partition coefficient (Wildman–Crippen LogP) is 0.451. The summed E-state index contributed by atoms with van der Waals surface area (Å²) in [5.74, 6) is -0.890. The second-order valence-corrected chi connectivity index (χ2v) is 2.20. The highest BCUT2D eigenvalue weighted by Crippen LogP contribution is 2.04. The Labute approximate surface area is 79.9 Å². The Balaban J connectivity index is 4.30. The van der Waals surface area contributed by atoms with Gasteiger partial charge < -0.3 is 4.84 Å². The minimum Gasteiger partial charge on any atom is -0.304 e. The van der Waals surface area contributed by atoms with E-state index in [0.717, 1.165) is 6.08 Å². The van der Waals surface area contributed by atoms with E-state index in [4.69, 9.17) is 0 Å². The first-order chi connectivity index (χ1) is 6.76. The molecule has 14 heavy (non-hydrogen) atoms. The first-order valence-corrected chi connectivity index (χ1v) is 3.72. The number of carbonyl (C=O) groups excluding carboxylic acids is 3. The Bertz CT molecular complexity index is 300. The summed E-state index contributed by atoms with van der Waals surface area (Å²) in [7, 11) is 0. The molecular formula is C8H8N2O4. The summed E-state index contributed by atoms with van der Waals surface area (Å²) in [6, 6.07) is -0.998. The number of rotatable bonds is 6. The highest BCUT2D eigenvalue weighted by molar-refractivity contribution is 5.76. The number of hydrogen-bond acceptors (Lipinski definition) is 6. The van der Waals surface area contributed by atoms with E-state index < -0.39 is 12.0 Å². The molecule has 0 N–H and O–H groups in total. The molecule has 0 aromatic rings. The largest absolute Gasteiger partial charge is 0.361 e. The molecule has 0 aliphatic rings. The van der Waals surface area contributed by atoms with Gasteiger partial charge in [0.25, 0.3) is 6.08 Å². The van der Waals surface area contributed by atoms with Gasteiger partial charge in [-0.15, -0.1) is 6.58 Å². The maximum Gasteiger partial charge on any atom is 0.361 e. The summed E-state index contributed by atoms with van der Waals surface area (Å²) in [6.45, 7) is 3.44. The van der Waals surface area contributed by atoms with Crippen molar-refractivity contribution in [2.75, 3.05) is 0 Å². The average molecular weight is 196 g/mol. The lowest BCUT2D eigenvalue weighted by Crippen LogP contribution is -2.19. The zero-order chi connectivity index (χ0) is 10.8. The zero-order valence-electron chi connectivity index (χ0n) is 7.30. The van der Waals surface area contributed by atoms with Crippen LogP contribution in [-0.4, -0.2) is 24.2 Å². The topological polar surface area (TPSA) is 85.2 Å². The molecule has 0 aliphatic carbocycles. The molecule has 0 rings (SSSR count). The molecule has 74 valence electrons. The molecule has 0 radical (unpaired) electrons. The molecule has 0 amide bonds. The Morgan fingerprint density at radius 3 is 2.71 bits per heavy atom. The standard InChI is InChI=1S/C8H8N2O4/c1-2-3-4-7(9-5-11)8(13)14-10-6-12/h2,7H,1,3-4H2. The first kappa shape index (κ1) is 12.0. The van der Waals surface area contributed by atoms with Crippen LogP contribution >= 0.6 is 0 Å². The lowest BCUT2D eigenvalue weighted by molar-refractivity contribution is -0.145. The van der Waals surface area contributed by atoms with Gasteiger partial charge in [-0.2, -0.15) is 4.99 Å². The molecule has 0 aromatic heterocycles. The van der Waals surface area contributed by atoms with Gasteiger partial charge in [0.05, 0.1) is 0 Å². The molecule has 0 bridgehead atoms. The number of aliphatic imine (C=N–C) groups is 1. The summed E-state index contributed by atoms with van der Waals surface area (Å²) in [6.07, 6.45) is 4.55. The van der Waals surface area contributed by atoms with Crippen LogP contribution in [0.25, 0.3) is 0 Å². The lowest BCUT2D eigenvalue weighted by atomic mass is 10.2. The molecule has 0 heterocycles. The van der Waals surface area contributed by atoms with Crippen LogP contribution in [0.15, 0.2) is 22.8 Å². The average Bonchev–Trinajstić information content (AvgIpc) is 2.20. The van der Waals surface area contributed by atoms with Crippen molar-refractivity contribution in [1.29, 1.82) is 0 Å². The van der Waals surface area contributed by atoms with Gasteiger partial charge in [0.1, 0.15) is 0 Å². The van der Waals surface area contributed by atoms with E-state index in [0.29, 0.717) is 6.42 Å². The van der Waals surface area contributed by atoms with Crippen LogP contribution in [0.2, 0.25) is 0 Å². The van der Waals surface area contributed by atoms with Crippen molar-refractivity contribution in [3.8, 4) is 0 Å². The summed E-state index contributed by atoms with van der Waals surface area (Å²) < 4.78 is 0. The lowest BCUT2D eigenvalue weighted by Gasteiger charge is -2.03. The predicted molar refractivity (Wildman–Crippen MR) is 45.6 cm³/mol. The summed E-state index contributed by atoms with van der Waals surface area (Å²) in [5, 5.41) is 2.61. The van der Waals surface area contributed by atoms with Crippen LogP contribution < -0.4 is 0 Å². The van der Waals surface area contributed by atoms with Crippen molar-refractivity contribution in [3.05, 3.63) is 12.7 Å². The highest BCUT2D eigenvalue weighted by atomic mass is 16.7. The maximum absolute atomic E-state index is 11.0. The van der Waals surface area contributed by atoms with Crippen molar-refractivity contribution in [2.24, 2.45) is 10.1 Å². The molecule has 6 nitrogen and oxygen atoms in total. The van der Waals surface area contributed by atoms with E-state index in [2.05, 4.69) is 21.6 Å². The maximum atomic E-state index is 11.0. The highest BCUT2D eigenvalue weighted by Gasteiger charge is 2.18. The van der Waals surface area contributed by atoms with E-state index >= 15 is 0 Å². The van der Waals surface area contributed by atoms with Gasteiger partial charge in [-0.3, -0.25) is 0 Å². The fourth-order valence-corrected chi connectivity index (χ4v) is 0.699. The Kier molecular flexibility index (Phi) is 6.51. The van der Waals surface area contributed by atoms with Crippen molar-refractivity contribution in [3.63, 3.8) is 0 Å². The number of allylic oxidation sites excluding steroid dienone is 1. The second-order valence-electron chi connectivity index (χ2n) is 2.20. The molecule has 0 saturated heterocycles. The van der Waals surface area contributed by atoms with Gasteiger partial charge in [-0.05, 0) is 12.8 Å². The monoisotopic (exact) mass is 196 g/mol. The quantitative estimate of drug-likeness (QED) is 0.203. The SMILES string of the molecule is C=CCCC(N=C=O)C(=O)ON=C=O. The second kappa shape index (κ2) is 7.61. The Hall–Kier alpha value is -2.03. The van der Waals surface area contributed by atoms with Crippen molar-refractivity contribution < 1.29 is 19.2 Å². The molecular weight excluding hydrogens is 188 g/mol. The van der Waals surface area contributed by atoms with E-state index in [1.165, 1.54) is 6.08 Å². The van der Waals surface area contributed by atoms with Crippen LogP contribution in [-0.2, 0) is 19.2 Å². The Morgan fingerprint density at radius 1 is 1.50 bits per heavy atom. The van der Waals surface area contributed by atoms with Crippen molar-refractivity contribution in [2.45, 2.75) is 18.9 Å². The molecule has 1 atom stereocenters. The van der Waals surface area contributed by atoms with E-state index in [9.17, 15) is 14.4 Å². The van der Waals surface area contributed by atoms with Gasteiger partial charge in [0, 0.05) is 5.16 Å². The molecule has 0 spiro atoms. The van der Waals surface area contributed by atoms with Crippen LogP contribution in [0.1, 0.15) is 12.8 Å². The number of isocyanates is 2. The van der Waals surface area contributed by atoms with Gasteiger partial charge in [0.2, 0.25) is 6.08 Å². The van der Waals surface area contributed by atoms with Gasteiger partial charge >= 0.3 is 5.97 Å².